The van der Waals surface area contributed by atoms with Crippen LogP contribution in [0.3, 0.4) is 0 Å². The van der Waals surface area contributed by atoms with Gasteiger partial charge >= 0.3 is 0 Å². The summed E-state index contributed by atoms with van der Waals surface area (Å²) in [6.45, 7) is 6.31. The Balaban J connectivity index is 3.53. The van der Waals surface area contributed by atoms with Gasteiger partial charge < -0.3 is 33.2 Å². The molecule has 0 saturated heterocycles. The van der Waals surface area contributed by atoms with E-state index in [1.165, 1.54) is 0 Å². The molecule has 9 N–H and O–H groups in total. The summed E-state index contributed by atoms with van der Waals surface area (Å²) >= 11 is 0. The number of nitrogens with one attached hydrogen (secondary N) is 3. The zero-order valence-corrected chi connectivity index (χ0v) is 9.47. The molecule has 0 saturated carbocycles. The maximum atomic E-state index is 5.44. The molecule has 6 nitrogen and oxygen atoms in total. The molecule has 0 atom stereocenters. The fraction of sp³-hybridized carbons (Fsp3) is 1.00. The summed E-state index contributed by atoms with van der Waals surface area (Å²) in [5.74, 6) is 0. The summed E-state index contributed by atoms with van der Waals surface area (Å²) in [6.07, 6.45) is 0. The Bertz CT molecular complexity index is 111. The first-order chi connectivity index (χ1) is 7.35. The Morgan fingerprint density at radius 3 is 1.60 bits per heavy atom. The van der Waals surface area contributed by atoms with Crippen molar-refractivity contribution in [3.05, 3.63) is 0 Å². The predicted octanol–water partition coefficient (Wildman–Crippen LogP) is -3.00. The summed E-state index contributed by atoms with van der Waals surface area (Å²) in [4.78, 5) is 0. The summed E-state index contributed by atoms with van der Waals surface area (Å²) in [7, 11) is 0. The fourth-order valence-corrected chi connectivity index (χ4v) is 1.26. The van der Waals surface area contributed by atoms with E-state index in [9.17, 15) is 0 Å². The van der Waals surface area contributed by atoms with Crippen LogP contribution >= 0.6 is 0 Å². The highest BCUT2D eigenvalue weighted by Crippen LogP contribution is 1.79. The van der Waals surface area contributed by atoms with E-state index in [0.29, 0.717) is 25.7 Å². The topological polar surface area (TPSA) is 114 Å². The van der Waals surface area contributed by atoms with Gasteiger partial charge in [0, 0.05) is 58.4 Å². The number of nitrogens with two attached hydrogens (primary N) is 3. The monoisotopic (exact) mass is 218 g/mol. The van der Waals surface area contributed by atoms with Gasteiger partial charge in [-0.2, -0.15) is 0 Å². The highest BCUT2D eigenvalue weighted by molar-refractivity contribution is 4.72. The van der Waals surface area contributed by atoms with Crippen molar-refractivity contribution in [1.29, 1.82) is 0 Å². The van der Waals surface area contributed by atoms with E-state index < -0.39 is 0 Å². The lowest BCUT2D eigenvalue weighted by Crippen LogP contribution is -2.48. The molecule has 0 aliphatic carbocycles. The Labute approximate surface area is 92.3 Å². The zero-order valence-electron chi connectivity index (χ0n) is 9.47. The van der Waals surface area contributed by atoms with E-state index in [-0.39, 0.29) is 0 Å². The second-order valence-electron chi connectivity index (χ2n) is 3.43. The zero-order chi connectivity index (χ0) is 11.4. The van der Waals surface area contributed by atoms with Crippen LogP contribution < -0.4 is 33.2 Å². The SMILES string of the molecule is NCCNCC(CNCCN)NCCN. The van der Waals surface area contributed by atoms with Gasteiger partial charge in [-0.1, -0.05) is 0 Å². The van der Waals surface area contributed by atoms with E-state index in [1.54, 1.807) is 0 Å². The Hall–Kier alpha value is -0.240. The molecule has 0 aliphatic heterocycles. The second-order valence-corrected chi connectivity index (χ2v) is 3.43. The lowest BCUT2D eigenvalue weighted by atomic mass is 10.2. The van der Waals surface area contributed by atoms with E-state index in [0.717, 1.165) is 32.7 Å². The average molecular weight is 218 g/mol. The summed E-state index contributed by atoms with van der Waals surface area (Å²) in [6, 6.07) is 0.381. The molecule has 0 radical (unpaired) electrons. The highest BCUT2D eigenvalue weighted by atomic mass is 15.0. The minimum absolute atomic E-state index is 0.381. The first kappa shape index (κ1) is 14.8. The molecule has 15 heavy (non-hydrogen) atoms. The van der Waals surface area contributed by atoms with Gasteiger partial charge in [-0.25, -0.2) is 0 Å². The molecule has 6 heteroatoms. The molecule has 0 spiro atoms. The minimum Gasteiger partial charge on any atom is -0.329 e. The Morgan fingerprint density at radius 1 is 0.733 bits per heavy atom. The summed E-state index contributed by atoms with van der Waals surface area (Å²) in [5.41, 5.74) is 16.2. The van der Waals surface area contributed by atoms with Crippen LogP contribution in [0.5, 0.6) is 0 Å². The van der Waals surface area contributed by atoms with Crippen LogP contribution in [0.15, 0.2) is 0 Å². The first-order valence-electron chi connectivity index (χ1n) is 5.60. The molecule has 0 heterocycles. The van der Waals surface area contributed by atoms with Gasteiger partial charge in [0.05, 0.1) is 0 Å². The molecule has 0 aliphatic rings. The van der Waals surface area contributed by atoms with Crippen LogP contribution in [0.1, 0.15) is 0 Å². The number of hydrogen-bond donors (Lipinski definition) is 6. The van der Waals surface area contributed by atoms with Crippen molar-refractivity contribution < 1.29 is 0 Å². The number of rotatable bonds is 11. The van der Waals surface area contributed by atoms with Gasteiger partial charge in [-0.15, -0.1) is 0 Å². The maximum Gasteiger partial charge on any atom is 0.0318 e. The lowest BCUT2D eigenvalue weighted by Gasteiger charge is -2.19. The molecule has 92 valence electrons. The smallest absolute Gasteiger partial charge is 0.0318 e. The van der Waals surface area contributed by atoms with Gasteiger partial charge in [0.25, 0.3) is 0 Å². The van der Waals surface area contributed by atoms with Crippen molar-refractivity contribution in [2.24, 2.45) is 17.2 Å². The molecule has 0 amide bonds. The molecule has 0 aromatic rings. The molecule has 0 aromatic heterocycles. The molecular formula is C9H26N6. The van der Waals surface area contributed by atoms with Crippen LogP contribution in [0.2, 0.25) is 0 Å². The van der Waals surface area contributed by atoms with Crippen LogP contribution in [-0.2, 0) is 0 Å². The van der Waals surface area contributed by atoms with Crippen LogP contribution in [0.4, 0.5) is 0 Å². The van der Waals surface area contributed by atoms with Crippen LogP contribution in [-0.4, -0.2) is 58.4 Å². The third-order valence-corrected chi connectivity index (χ3v) is 2.00. The average Bonchev–Trinajstić information content (AvgIpc) is 2.25. The lowest BCUT2D eigenvalue weighted by molar-refractivity contribution is 0.453. The van der Waals surface area contributed by atoms with Crippen molar-refractivity contribution in [3.63, 3.8) is 0 Å². The van der Waals surface area contributed by atoms with Crippen LogP contribution in [0.25, 0.3) is 0 Å². The minimum atomic E-state index is 0.381. The van der Waals surface area contributed by atoms with Crippen molar-refractivity contribution in [2.75, 3.05) is 52.4 Å². The van der Waals surface area contributed by atoms with Gasteiger partial charge in [-0.3, -0.25) is 0 Å². The van der Waals surface area contributed by atoms with Gasteiger partial charge in [-0.05, 0) is 0 Å². The van der Waals surface area contributed by atoms with E-state index in [1.807, 2.05) is 0 Å². The van der Waals surface area contributed by atoms with E-state index >= 15 is 0 Å². The number of hydrogen-bond acceptors (Lipinski definition) is 6. The molecule has 0 fully saturated rings. The molecule has 0 rings (SSSR count). The summed E-state index contributed by atoms with van der Waals surface area (Å²) in [5, 5.41) is 9.90. The molecule has 0 bridgehead atoms. The van der Waals surface area contributed by atoms with Gasteiger partial charge in [0.15, 0.2) is 0 Å². The highest BCUT2D eigenvalue weighted by Gasteiger charge is 2.05. The van der Waals surface area contributed by atoms with Gasteiger partial charge in [0.2, 0.25) is 0 Å². The van der Waals surface area contributed by atoms with Crippen molar-refractivity contribution >= 4 is 0 Å². The first-order valence-corrected chi connectivity index (χ1v) is 5.60. The normalized spacial score (nSPS) is 11.2. The van der Waals surface area contributed by atoms with E-state index in [4.69, 9.17) is 17.2 Å². The molecule has 0 aromatic carbocycles. The largest absolute Gasteiger partial charge is 0.329 e. The second kappa shape index (κ2) is 11.8. The van der Waals surface area contributed by atoms with Crippen molar-refractivity contribution in [1.82, 2.24) is 16.0 Å². The maximum absolute atomic E-state index is 5.44. The standard InChI is InChI=1S/C9H26N6/c10-1-4-13-7-9(15-6-3-12)8-14-5-2-11/h9,13-15H,1-8,10-12H2. The Morgan fingerprint density at radius 2 is 1.20 bits per heavy atom. The molecular weight excluding hydrogens is 192 g/mol. The summed E-state index contributed by atoms with van der Waals surface area (Å²) < 4.78 is 0. The van der Waals surface area contributed by atoms with Crippen molar-refractivity contribution in [3.8, 4) is 0 Å². The van der Waals surface area contributed by atoms with Gasteiger partial charge in [0.1, 0.15) is 0 Å². The quantitative estimate of drug-likeness (QED) is 0.206. The van der Waals surface area contributed by atoms with Crippen molar-refractivity contribution in [2.45, 2.75) is 6.04 Å². The predicted molar refractivity (Wildman–Crippen MR) is 64.7 cm³/mol. The fourth-order valence-electron chi connectivity index (χ4n) is 1.26. The van der Waals surface area contributed by atoms with E-state index in [2.05, 4.69) is 16.0 Å². The third-order valence-electron chi connectivity index (χ3n) is 2.00. The third kappa shape index (κ3) is 10.1. The Kier molecular flexibility index (Phi) is 11.6. The molecule has 0 unspecified atom stereocenters. The van der Waals surface area contributed by atoms with Crippen LogP contribution in [0, 0.1) is 0 Å².